The number of nitrogens with zero attached hydrogens (tertiary/aromatic N) is 3. The molecule has 1 amide bonds. The molecule has 3 aromatic carbocycles. The Hall–Kier alpha value is -4.49. The zero-order valence-electron chi connectivity index (χ0n) is 23.5. The number of nitrogens with one attached hydrogen (secondary N) is 2. The lowest BCUT2D eigenvalue weighted by Crippen LogP contribution is -2.32. The van der Waals surface area contributed by atoms with Gasteiger partial charge in [0.05, 0.1) is 23.5 Å². The summed E-state index contributed by atoms with van der Waals surface area (Å²) in [6, 6.07) is 30.7. The summed E-state index contributed by atoms with van der Waals surface area (Å²) in [5.41, 5.74) is 7.47. The zero-order valence-corrected chi connectivity index (χ0v) is 24.3. The van der Waals surface area contributed by atoms with E-state index in [9.17, 15) is 4.79 Å². The number of aryl methyl sites for hydroxylation is 2. The summed E-state index contributed by atoms with van der Waals surface area (Å²) in [7, 11) is 0. The first-order chi connectivity index (χ1) is 19.9. The molecule has 0 saturated carbocycles. The lowest BCUT2D eigenvalue weighted by Gasteiger charge is -2.28. The first kappa shape index (κ1) is 26.7. The number of fused-ring (bicyclic) bond motifs is 1. The Balaban J connectivity index is 1.36. The Bertz CT molecular complexity index is 1720. The van der Waals surface area contributed by atoms with Crippen molar-refractivity contribution in [2.75, 3.05) is 11.9 Å². The van der Waals surface area contributed by atoms with Crippen molar-refractivity contribution < 1.29 is 4.79 Å². The van der Waals surface area contributed by atoms with Gasteiger partial charge < -0.3 is 20.1 Å². The number of carbonyl (C=O) groups excluding carboxylic acids is 1. The largest absolute Gasteiger partial charge is 0.352 e. The molecule has 1 aliphatic rings. The summed E-state index contributed by atoms with van der Waals surface area (Å²) in [6.45, 7) is 6.83. The van der Waals surface area contributed by atoms with Crippen molar-refractivity contribution in [3.05, 3.63) is 125 Å². The maximum Gasteiger partial charge on any atom is 0.226 e. The van der Waals surface area contributed by atoms with E-state index in [4.69, 9.17) is 12.2 Å². The van der Waals surface area contributed by atoms with Crippen molar-refractivity contribution in [2.24, 2.45) is 0 Å². The maximum absolute atomic E-state index is 13.0. The third-order valence-electron chi connectivity index (χ3n) is 7.91. The van der Waals surface area contributed by atoms with E-state index in [1.807, 2.05) is 55.6 Å². The molecule has 5 aromatic rings. The number of thiocarbonyl (C=S) groups is 1. The van der Waals surface area contributed by atoms with Crippen LogP contribution in [-0.2, 0) is 4.79 Å². The minimum absolute atomic E-state index is 0.0436. The maximum atomic E-state index is 13.0. The topological polar surface area (TPSA) is 62.2 Å². The summed E-state index contributed by atoms with van der Waals surface area (Å²) in [5, 5.41) is 9.59. The molecule has 41 heavy (non-hydrogen) atoms. The van der Waals surface area contributed by atoms with Gasteiger partial charge in [-0.25, -0.2) is 0 Å². The van der Waals surface area contributed by atoms with Crippen molar-refractivity contribution in [2.45, 2.75) is 39.3 Å². The van der Waals surface area contributed by atoms with Crippen LogP contribution in [0, 0.1) is 20.8 Å². The van der Waals surface area contributed by atoms with Crippen LogP contribution in [-0.4, -0.2) is 32.0 Å². The molecule has 2 N–H and O–H groups in total. The van der Waals surface area contributed by atoms with Gasteiger partial charge in [0.1, 0.15) is 0 Å². The van der Waals surface area contributed by atoms with Gasteiger partial charge in [0.15, 0.2) is 5.11 Å². The van der Waals surface area contributed by atoms with E-state index < -0.39 is 0 Å². The third-order valence-corrected chi connectivity index (χ3v) is 8.26. The molecule has 1 saturated heterocycles. The molecule has 206 valence electrons. The predicted octanol–water partition coefficient (Wildman–Crippen LogP) is 6.95. The molecule has 6 nitrogen and oxygen atoms in total. The van der Waals surface area contributed by atoms with Crippen LogP contribution in [0.25, 0.3) is 16.5 Å². The number of hydrogen-bond acceptors (Lipinski definition) is 3. The molecule has 6 rings (SSSR count). The van der Waals surface area contributed by atoms with Crippen molar-refractivity contribution in [3.63, 3.8) is 0 Å². The van der Waals surface area contributed by atoms with Gasteiger partial charge in [0.2, 0.25) is 5.91 Å². The summed E-state index contributed by atoms with van der Waals surface area (Å²) < 4.78 is 2.33. The normalized spacial score (nSPS) is 16.7. The Morgan fingerprint density at radius 1 is 0.951 bits per heavy atom. The number of amides is 1. The van der Waals surface area contributed by atoms with Gasteiger partial charge in [-0.1, -0.05) is 60.2 Å². The van der Waals surface area contributed by atoms with Gasteiger partial charge in [0, 0.05) is 41.6 Å². The monoisotopic (exact) mass is 559 g/mol. The number of benzene rings is 3. The average Bonchev–Trinajstić information content (AvgIpc) is 3.47. The van der Waals surface area contributed by atoms with Crippen LogP contribution < -0.4 is 10.6 Å². The van der Waals surface area contributed by atoms with Gasteiger partial charge in [-0.3, -0.25) is 9.78 Å². The van der Waals surface area contributed by atoms with Crippen LogP contribution in [0.3, 0.4) is 0 Å². The highest BCUT2D eigenvalue weighted by Gasteiger charge is 2.41. The summed E-state index contributed by atoms with van der Waals surface area (Å²) in [6.07, 6.45) is 2.12. The van der Waals surface area contributed by atoms with E-state index in [1.165, 1.54) is 10.8 Å². The van der Waals surface area contributed by atoms with Gasteiger partial charge in [0.25, 0.3) is 0 Å². The quantitative estimate of drug-likeness (QED) is 0.211. The Morgan fingerprint density at radius 3 is 2.49 bits per heavy atom. The van der Waals surface area contributed by atoms with Crippen LogP contribution in [0.2, 0.25) is 0 Å². The number of rotatable bonds is 7. The molecule has 0 radical (unpaired) electrons. The van der Waals surface area contributed by atoms with E-state index in [-0.39, 0.29) is 18.0 Å². The highest BCUT2D eigenvalue weighted by Crippen LogP contribution is 2.42. The first-order valence-corrected chi connectivity index (χ1v) is 14.3. The second-order valence-corrected chi connectivity index (χ2v) is 11.0. The van der Waals surface area contributed by atoms with Crippen molar-refractivity contribution in [1.82, 2.24) is 19.8 Å². The highest BCUT2D eigenvalue weighted by atomic mass is 32.1. The Kier molecular flexibility index (Phi) is 7.28. The number of aromatic nitrogens is 2. The Morgan fingerprint density at radius 2 is 1.71 bits per heavy atom. The number of hydrogen-bond donors (Lipinski definition) is 2. The van der Waals surface area contributed by atoms with Gasteiger partial charge in [-0.15, -0.1) is 0 Å². The fourth-order valence-electron chi connectivity index (χ4n) is 5.93. The van der Waals surface area contributed by atoms with E-state index >= 15 is 0 Å². The molecule has 0 spiro atoms. The molecular formula is C34H33N5OS. The van der Waals surface area contributed by atoms with Crippen LogP contribution in [0.5, 0.6) is 0 Å². The minimum Gasteiger partial charge on any atom is -0.352 e. The zero-order chi connectivity index (χ0) is 28.5. The molecule has 0 aliphatic carbocycles. The lowest BCUT2D eigenvalue weighted by atomic mass is 9.96. The van der Waals surface area contributed by atoms with Crippen molar-refractivity contribution >= 4 is 39.7 Å². The molecular weight excluding hydrogens is 526 g/mol. The second-order valence-electron chi connectivity index (χ2n) is 10.6. The van der Waals surface area contributed by atoms with E-state index in [0.29, 0.717) is 18.1 Å². The van der Waals surface area contributed by atoms with Gasteiger partial charge >= 0.3 is 0 Å². The fraction of sp³-hybridized carbons (Fsp3) is 0.206. The molecule has 7 heteroatoms. The first-order valence-electron chi connectivity index (χ1n) is 13.9. The summed E-state index contributed by atoms with van der Waals surface area (Å²) in [5.74, 6) is -0.0436. The highest BCUT2D eigenvalue weighted by molar-refractivity contribution is 7.80. The fourth-order valence-corrected chi connectivity index (χ4v) is 6.26. The minimum atomic E-state index is -0.148. The van der Waals surface area contributed by atoms with E-state index in [0.717, 1.165) is 39.6 Å². The van der Waals surface area contributed by atoms with Crippen LogP contribution in [0.1, 0.15) is 46.7 Å². The standard InChI is InChI=1S/C34H33N5OS/c1-22-14-16-26(17-15-22)36-31(40)18-20-38-33(32(37-34(38)41)29-12-6-7-19-35-29)28-21-23(2)39(24(28)3)30-13-8-10-25-9-4-5-11-27(25)30/h4-17,19,21,32-33H,18,20H2,1-3H3,(H,36,40)(H,37,41)/t32-,33+/m0/s1. The molecule has 0 bridgehead atoms. The molecule has 2 atom stereocenters. The number of carbonyl (C=O) groups is 1. The van der Waals surface area contributed by atoms with Gasteiger partial charge in [-0.05, 0) is 80.3 Å². The lowest BCUT2D eigenvalue weighted by molar-refractivity contribution is -0.116. The van der Waals surface area contributed by atoms with E-state index in [1.54, 1.807) is 0 Å². The average molecular weight is 560 g/mol. The summed E-state index contributed by atoms with van der Waals surface area (Å²) in [4.78, 5) is 19.8. The molecule has 0 unspecified atom stereocenters. The smallest absolute Gasteiger partial charge is 0.226 e. The SMILES string of the molecule is Cc1ccc(NC(=O)CCN2C(=S)N[C@@H](c3ccccn3)[C@H]2c2cc(C)n(-c3cccc4ccccc34)c2C)cc1. The van der Waals surface area contributed by atoms with Crippen LogP contribution in [0.4, 0.5) is 5.69 Å². The molecule has 3 heterocycles. The van der Waals surface area contributed by atoms with Crippen LogP contribution >= 0.6 is 12.2 Å². The number of pyridine rings is 1. The summed E-state index contributed by atoms with van der Waals surface area (Å²) >= 11 is 5.88. The predicted molar refractivity (Wildman–Crippen MR) is 169 cm³/mol. The Labute approximate surface area is 246 Å². The number of anilines is 1. The van der Waals surface area contributed by atoms with Crippen molar-refractivity contribution in [1.29, 1.82) is 0 Å². The molecule has 1 fully saturated rings. The molecule has 2 aromatic heterocycles. The third kappa shape index (κ3) is 5.21. The molecule has 1 aliphatic heterocycles. The van der Waals surface area contributed by atoms with Crippen molar-refractivity contribution in [3.8, 4) is 5.69 Å². The van der Waals surface area contributed by atoms with E-state index in [2.05, 4.69) is 87.5 Å². The van der Waals surface area contributed by atoms with Gasteiger partial charge in [-0.2, -0.15) is 0 Å². The van der Waals surface area contributed by atoms with Crippen LogP contribution in [0.15, 0.2) is 97.2 Å². The second kappa shape index (κ2) is 11.2.